The number of phenols is 1. The van der Waals surface area contributed by atoms with Crippen molar-refractivity contribution in [1.29, 1.82) is 0 Å². The lowest BCUT2D eigenvalue weighted by Gasteiger charge is -2.33. The van der Waals surface area contributed by atoms with Crippen LogP contribution in [0.25, 0.3) is 0 Å². The minimum absolute atomic E-state index is 0.0959. The third kappa shape index (κ3) is 8.09. The number of benzene rings is 1. The van der Waals surface area contributed by atoms with E-state index in [2.05, 4.69) is 15.4 Å². The molecular formula is C22H33N3O7. The van der Waals surface area contributed by atoms with Crippen LogP contribution in [-0.2, 0) is 23.9 Å². The lowest BCUT2D eigenvalue weighted by atomic mass is 9.99. The average Bonchev–Trinajstić information content (AvgIpc) is 2.68. The number of alkyl carbamates (subject to hydrolysis) is 1. The third-order valence-electron chi connectivity index (χ3n) is 4.41. The number of methoxy groups -OCH3 is 1. The highest BCUT2D eigenvalue weighted by molar-refractivity contribution is 5.93. The lowest BCUT2D eigenvalue weighted by molar-refractivity contribution is -0.144. The molecule has 0 heterocycles. The van der Waals surface area contributed by atoms with Gasteiger partial charge in [-0.2, -0.15) is 0 Å². The number of rotatable bonds is 8. The van der Waals surface area contributed by atoms with Gasteiger partial charge in [-0.3, -0.25) is 14.4 Å². The SMILES string of the molecule is COC(=O)CNC(=O)C(c1cccc(O)c1)N(C)C(=O)C(NC(=O)OC(C)(C)C)C(C)C. The van der Waals surface area contributed by atoms with E-state index in [1.807, 2.05) is 0 Å². The van der Waals surface area contributed by atoms with Gasteiger partial charge in [0, 0.05) is 7.05 Å². The van der Waals surface area contributed by atoms with Crippen LogP contribution in [0.4, 0.5) is 4.79 Å². The Hall–Kier alpha value is -3.30. The molecule has 0 aliphatic rings. The van der Waals surface area contributed by atoms with Gasteiger partial charge in [-0.25, -0.2) is 4.79 Å². The van der Waals surface area contributed by atoms with Crippen molar-refractivity contribution in [2.75, 3.05) is 20.7 Å². The summed E-state index contributed by atoms with van der Waals surface area (Å²) in [6.07, 6.45) is -0.762. The molecule has 0 bridgehead atoms. The summed E-state index contributed by atoms with van der Waals surface area (Å²) in [5, 5.41) is 14.9. The van der Waals surface area contributed by atoms with Crippen LogP contribution >= 0.6 is 0 Å². The number of aromatic hydroxyl groups is 1. The van der Waals surface area contributed by atoms with Gasteiger partial charge in [0.15, 0.2) is 0 Å². The Kier molecular flexibility index (Phi) is 9.49. The van der Waals surface area contributed by atoms with Gasteiger partial charge < -0.3 is 30.1 Å². The van der Waals surface area contributed by atoms with Crippen molar-refractivity contribution in [2.24, 2.45) is 5.92 Å². The van der Waals surface area contributed by atoms with Crippen LogP contribution in [0, 0.1) is 5.92 Å². The molecule has 10 nitrogen and oxygen atoms in total. The van der Waals surface area contributed by atoms with Crippen molar-refractivity contribution in [2.45, 2.75) is 52.3 Å². The van der Waals surface area contributed by atoms with E-state index in [9.17, 15) is 24.3 Å². The Morgan fingerprint density at radius 3 is 2.28 bits per heavy atom. The number of ether oxygens (including phenoxy) is 2. The first-order chi connectivity index (χ1) is 14.8. The molecule has 0 radical (unpaired) electrons. The molecule has 32 heavy (non-hydrogen) atoms. The Morgan fingerprint density at radius 2 is 1.78 bits per heavy atom. The molecule has 2 atom stereocenters. The normalized spacial score (nSPS) is 13.0. The minimum Gasteiger partial charge on any atom is -0.508 e. The molecule has 3 amide bonds. The number of carbonyl (C=O) groups excluding carboxylic acids is 4. The van der Waals surface area contributed by atoms with Crippen LogP contribution in [0.3, 0.4) is 0 Å². The summed E-state index contributed by atoms with van der Waals surface area (Å²) in [5.74, 6) is -2.28. The Labute approximate surface area is 188 Å². The molecule has 10 heteroatoms. The molecule has 2 unspecified atom stereocenters. The van der Waals surface area contributed by atoms with Crippen molar-refractivity contribution in [3.8, 4) is 5.75 Å². The zero-order chi connectivity index (χ0) is 24.6. The van der Waals surface area contributed by atoms with E-state index >= 15 is 0 Å². The summed E-state index contributed by atoms with van der Waals surface area (Å²) in [6.45, 7) is 8.21. The van der Waals surface area contributed by atoms with Gasteiger partial charge in [0.05, 0.1) is 7.11 Å². The van der Waals surface area contributed by atoms with Crippen LogP contribution in [0.15, 0.2) is 24.3 Å². The van der Waals surface area contributed by atoms with E-state index in [-0.39, 0.29) is 11.7 Å². The average molecular weight is 452 g/mol. The van der Waals surface area contributed by atoms with E-state index in [0.717, 1.165) is 4.90 Å². The Bertz CT molecular complexity index is 833. The maximum Gasteiger partial charge on any atom is 0.408 e. The summed E-state index contributed by atoms with van der Waals surface area (Å²) >= 11 is 0. The molecule has 1 aromatic carbocycles. The van der Waals surface area contributed by atoms with E-state index < -0.39 is 48.1 Å². The molecule has 3 N–H and O–H groups in total. The summed E-state index contributed by atoms with van der Waals surface area (Å²) in [4.78, 5) is 51.1. The molecule has 0 aromatic heterocycles. The van der Waals surface area contributed by atoms with Crippen LogP contribution in [0.2, 0.25) is 0 Å². The molecule has 0 saturated heterocycles. The van der Waals surface area contributed by atoms with Gasteiger partial charge in [-0.15, -0.1) is 0 Å². The highest BCUT2D eigenvalue weighted by Gasteiger charge is 2.35. The first-order valence-corrected chi connectivity index (χ1v) is 10.2. The first kappa shape index (κ1) is 26.7. The number of phenolic OH excluding ortho intramolecular Hbond substituents is 1. The summed E-state index contributed by atoms with van der Waals surface area (Å²) in [7, 11) is 2.59. The Morgan fingerprint density at radius 1 is 1.16 bits per heavy atom. The van der Waals surface area contributed by atoms with Gasteiger partial charge in [0.2, 0.25) is 11.8 Å². The fraction of sp³-hybridized carbons (Fsp3) is 0.545. The van der Waals surface area contributed by atoms with Gasteiger partial charge in [-0.05, 0) is 44.4 Å². The number of amides is 3. The third-order valence-corrected chi connectivity index (χ3v) is 4.41. The second kappa shape index (κ2) is 11.4. The fourth-order valence-electron chi connectivity index (χ4n) is 2.87. The lowest BCUT2D eigenvalue weighted by Crippen LogP contribution is -2.53. The number of hydrogen-bond donors (Lipinski definition) is 3. The monoisotopic (exact) mass is 451 g/mol. The smallest absolute Gasteiger partial charge is 0.408 e. The summed E-state index contributed by atoms with van der Waals surface area (Å²) in [5.41, 5.74) is -0.429. The molecule has 0 aliphatic heterocycles. The number of hydrogen-bond acceptors (Lipinski definition) is 7. The van der Waals surface area contributed by atoms with Crippen molar-refractivity contribution in [3.63, 3.8) is 0 Å². The fourth-order valence-corrected chi connectivity index (χ4v) is 2.87. The predicted octanol–water partition coefficient (Wildman–Crippen LogP) is 1.73. The van der Waals surface area contributed by atoms with E-state index in [1.54, 1.807) is 40.7 Å². The second-order valence-corrected chi connectivity index (χ2v) is 8.61. The van der Waals surface area contributed by atoms with E-state index in [1.165, 1.54) is 32.4 Å². The number of nitrogens with one attached hydrogen (secondary N) is 2. The maximum absolute atomic E-state index is 13.3. The van der Waals surface area contributed by atoms with Crippen LogP contribution < -0.4 is 10.6 Å². The van der Waals surface area contributed by atoms with Crippen LogP contribution in [-0.4, -0.2) is 66.2 Å². The Balaban J connectivity index is 3.20. The zero-order valence-electron chi connectivity index (χ0n) is 19.6. The predicted molar refractivity (Wildman–Crippen MR) is 117 cm³/mol. The molecule has 0 saturated carbocycles. The molecule has 0 fully saturated rings. The van der Waals surface area contributed by atoms with Crippen molar-refractivity contribution < 1.29 is 33.8 Å². The van der Waals surface area contributed by atoms with E-state index in [0.29, 0.717) is 5.56 Å². The van der Waals surface area contributed by atoms with Gasteiger partial charge in [0.1, 0.15) is 30.0 Å². The highest BCUT2D eigenvalue weighted by Crippen LogP contribution is 2.25. The van der Waals surface area contributed by atoms with Gasteiger partial charge in [-0.1, -0.05) is 26.0 Å². The van der Waals surface area contributed by atoms with E-state index in [4.69, 9.17) is 4.74 Å². The van der Waals surface area contributed by atoms with Gasteiger partial charge in [0.25, 0.3) is 0 Å². The quantitative estimate of drug-likeness (QED) is 0.512. The van der Waals surface area contributed by atoms with Crippen molar-refractivity contribution >= 4 is 23.9 Å². The number of esters is 1. The maximum atomic E-state index is 13.3. The largest absolute Gasteiger partial charge is 0.508 e. The molecule has 178 valence electrons. The van der Waals surface area contributed by atoms with Crippen LogP contribution in [0.5, 0.6) is 5.75 Å². The molecule has 1 aromatic rings. The number of likely N-dealkylation sites (N-methyl/N-ethyl adjacent to an activating group) is 1. The van der Waals surface area contributed by atoms with Crippen molar-refractivity contribution in [1.82, 2.24) is 15.5 Å². The topological polar surface area (TPSA) is 134 Å². The first-order valence-electron chi connectivity index (χ1n) is 10.2. The number of nitrogens with zero attached hydrogens (tertiary/aromatic N) is 1. The molecular weight excluding hydrogens is 418 g/mol. The highest BCUT2D eigenvalue weighted by atomic mass is 16.6. The number of carbonyl (C=O) groups is 4. The second-order valence-electron chi connectivity index (χ2n) is 8.61. The molecule has 1 rings (SSSR count). The molecule has 0 aliphatic carbocycles. The standard InChI is InChI=1S/C22H33N3O7/c1-13(2)17(24-21(30)32-22(3,4)5)20(29)25(6)18(14-9-8-10-15(26)11-14)19(28)23-12-16(27)31-7/h8-11,13,17-18,26H,12H2,1-7H3,(H,23,28)(H,24,30). The van der Waals surface area contributed by atoms with Crippen LogP contribution in [0.1, 0.15) is 46.2 Å². The van der Waals surface area contributed by atoms with Gasteiger partial charge >= 0.3 is 12.1 Å². The minimum atomic E-state index is -1.18. The molecule has 0 spiro atoms. The summed E-state index contributed by atoms with van der Waals surface area (Å²) in [6, 6.07) is 3.71. The summed E-state index contributed by atoms with van der Waals surface area (Å²) < 4.78 is 9.78. The van der Waals surface area contributed by atoms with Crippen molar-refractivity contribution in [3.05, 3.63) is 29.8 Å². The zero-order valence-corrected chi connectivity index (χ0v) is 19.6.